The second-order valence-electron chi connectivity index (χ2n) is 4.19. The molecule has 0 aliphatic heterocycles. The fourth-order valence-corrected chi connectivity index (χ4v) is 1.62. The maximum atomic E-state index is 13.3. The van der Waals surface area contributed by atoms with Crippen molar-refractivity contribution >= 4 is 17.6 Å². The number of aromatic carboxylic acids is 1. The van der Waals surface area contributed by atoms with Crippen molar-refractivity contribution in [3.05, 3.63) is 47.8 Å². The summed E-state index contributed by atoms with van der Waals surface area (Å²) in [4.78, 5) is 22.3. The number of aromatic nitrogens is 2. The van der Waals surface area contributed by atoms with E-state index in [-0.39, 0.29) is 24.3 Å². The molecule has 0 atom stereocenters. The van der Waals surface area contributed by atoms with Crippen molar-refractivity contribution in [2.45, 2.75) is 13.0 Å². The third kappa shape index (κ3) is 3.85. The van der Waals surface area contributed by atoms with Gasteiger partial charge in [-0.1, -0.05) is 0 Å². The van der Waals surface area contributed by atoms with Crippen molar-refractivity contribution < 1.29 is 23.5 Å². The molecule has 0 saturated carbocycles. The van der Waals surface area contributed by atoms with E-state index in [2.05, 4.69) is 10.4 Å². The Kier molecular flexibility index (Phi) is 4.27. The molecule has 0 spiro atoms. The summed E-state index contributed by atoms with van der Waals surface area (Å²) in [6.45, 7) is 0.141. The van der Waals surface area contributed by atoms with Crippen molar-refractivity contribution in [3.63, 3.8) is 0 Å². The quantitative estimate of drug-likeness (QED) is 0.882. The first kappa shape index (κ1) is 14.6. The van der Waals surface area contributed by atoms with Gasteiger partial charge in [0.2, 0.25) is 5.91 Å². The van der Waals surface area contributed by atoms with Crippen LogP contribution in [0.3, 0.4) is 0 Å². The molecule has 0 aliphatic carbocycles. The summed E-state index contributed by atoms with van der Waals surface area (Å²) in [5.41, 5.74) is -0.243. The minimum Gasteiger partial charge on any atom is -0.476 e. The topological polar surface area (TPSA) is 84.2 Å². The Morgan fingerprint density at radius 3 is 2.67 bits per heavy atom. The number of carbonyl (C=O) groups excluding carboxylic acids is 1. The lowest BCUT2D eigenvalue weighted by atomic mass is 10.3. The van der Waals surface area contributed by atoms with Gasteiger partial charge in [-0.15, -0.1) is 0 Å². The van der Waals surface area contributed by atoms with Crippen LogP contribution in [0.25, 0.3) is 0 Å². The molecule has 8 heteroatoms. The van der Waals surface area contributed by atoms with Crippen molar-refractivity contribution in [1.29, 1.82) is 0 Å². The molecule has 1 amide bonds. The molecule has 110 valence electrons. The van der Waals surface area contributed by atoms with Gasteiger partial charge in [-0.05, 0) is 18.2 Å². The summed E-state index contributed by atoms with van der Waals surface area (Å²) >= 11 is 0. The molecule has 0 unspecified atom stereocenters. The van der Waals surface area contributed by atoms with Crippen LogP contribution in [0, 0.1) is 11.6 Å². The van der Waals surface area contributed by atoms with Crippen LogP contribution >= 0.6 is 0 Å². The van der Waals surface area contributed by atoms with Gasteiger partial charge in [-0.25, -0.2) is 13.6 Å². The highest BCUT2D eigenvalue weighted by molar-refractivity contribution is 5.90. The SMILES string of the molecule is O=C(CCn1ccc(C(=O)O)n1)Nc1ccc(F)cc1F. The number of aryl methyl sites for hydroxylation is 1. The Labute approximate surface area is 118 Å². The largest absolute Gasteiger partial charge is 0.476 e. The average Bonchev–Trinajstić information content (AvgIpc) is 2.89. The van der Waals surface area contributed by atoms with Gasteiger partial charge in [0.1, 0.15) is 11.6 Å². The number of carbonyl (C=O) groups is 2. The van der Waals surface area contributed by atoms with Gasteiger partial charge in [0.25, 0.3) is 0 Å². The van der Waals surface area contributed by atoms with Gasteiger partial charge in [-0.3, -0.25) is 9.48 Å². The summed E-state index contributed by atoms with van der Waals surface area (Å²) in [5, 5.41) is 14.7. The molecule has 2 N–H and O–H groups in total. The molecule has 2 rings (SSSR count). The van der Waals surface area contributed by atoms with E-state index in [1.54, 1.807) is 0 Å². The monoisotopic (exact) mass is 295 g/mol. The lowest BCUT2D eigenvalue weighted by Crippen LogP contribution is -2.16. The number of rotatable bonds is 5. The zero-order valence-corrected chi connectivity index (χ0v) is 10.7. The van der Waals surface area contributed by atoms with Crippen LogP contribution in [0.2, 0.25) is 0 Å². The zero-order chi connectivity index (χ0) is 15.4. The first-order valence-electron chi connectivity index (χ1n) is 5.97. The number of hydrogen-bond donors (Lipinski definition) is 2. The lowest BCUT2D eigenvalue weighted by molar-refractivity contribution is -0.116. The summed E-state index contributed by atoms with van der Waals surface area (Å²) in [7, 11) is 0. The van der Waals surface area contributed by atoms with Gasteiger partial charge in [0, 0.05) is 25.2 Å². The van der Waals surface area contributed by atoms with Crippen LogP contribution in [-0.2, 0) is 11.3 Å². The molecule has 1 heterocycles. The fraction of sp³-hybridized carbons (Fsp3) is 0.154. The van der Waals surface area contributed by atoms with Gasteiger partial charge in [0.15, 0.2) is 5.69 Å². The molecular weight excluding hydrogens is 284 g/mol. The molecule has 1 aromatic heterocycles. The lowest BCUT2D eigenvalue weighted by Gasteiger charge is -2.06. The predicted octanol–water partition coefficient (Wildman–Crippen LogP) is 1.89. The molecule has 1 aromatic carbocycles. The van der Waals surface area contributed by atoms with E-state index in [9.17, 15) is 18.4 Å². The van der Waals surface area contributed by atoms with Crippen LogP contribution in [0.15, 0.2) is 30.5 Å². The van der Waals surface area contributed by atoms with E-state index in [0.717, 1.165) is 12.1 Å². The maximum absolute atomic E-state index is 13.3. The highest BCUT2D eigenvalue weighted by atomic mass is 19.1. The third-order valence-corrected chi connectivity index (χ3v) is 2.63. The molecule has 2 aromatic rings. The normalized spacial score (nSPS) is 10.4. The van der Waals surface area contributed by atoms with E-state index in [0.29, 0.717) is 6.07 Å². The van der Waals surface area contributed by atoms with E-state index in [1.807, 2.05) is 0 Å². The number of amides is 1. The van der Waals surface area contributed by atoms with Crippen LogP contribution in [0.4, 0.5) is 14.5 Å². The van der Waals surface area contributed by atoms with Crippen molar-refractivity contribution in [3.8, 4) is 0 Å². The molecule has 21 heavy (non-hydrogen) atoms. The molecule has 0 radical (unpaired) electrons. The Morgan fingerprint density at radius 2 is 2.05 bits per heavy atom. The van der Waals surface area contributed by atoms with Crippen LogP contribution in [0.5, 0.6) is 0 Å². The minimum absolute atomic E-state index is 0.0302. The maximum Gasteiger partial charge on any atom is 0.356 e. The highest BCUT2D eigenvalue weighted by Crippen LogP contribution is 2.15. The Balaban J connectivity index is 1.91. The number of nitrogens with one attached hydrogen (secondary N) is 1. The number of carboxylic acids is 1. The van der Waals surface area contributed by atoms with Crippen LogP contribution < -0.4 is 5.32 Å². The van der Waals surface area contributed by atoms with E-state index < -0.39 is 23.5 Å². The highest BCUT2D eigenvalue weighted by Gasteiger charge is 2.10. The molecule has 6 nitrogen and oxygen atoms in total. The number of nitrogens with zero attached hydrogens (tertiary/aromatic N) is 2. The fourth-order valence-electron chi connectivity index (χ4n) is 1.62. The van der Waals surface area contributed by atoms with E-state index >= 15 is 0 Å². The number of carboxylic acid groups (broad SMARTS) is 1. The van der Waals surface area contributed by atoms with E-state index in [4.69, 9.17) is 5.11 Å². The Hall–Kier alpha value is -2.77. The second kappa shape index (κ2) is 6.12. The molecular formula is C13H11F2N3O3. The van der Waals surface area contributed by atoms with Crippen molar-refractivity contribution in [2.75, 3.05) is 5.32 Å². The van der Waals surface area contributed by atoms with Gasteiger partial charge in [-0.2, -0.15) is 5.10 Å². The number of hydrogen-bond acceptors (Lipinski definition) is 3. The van der Waals surface area contributed by atoms with Gasteiger partial charge >= 0.3 is 5.97 Å². The number of anilines is 1. The van der Waals surface area contributed by atoms with Crippen LogP contribution in [-0.4, -0.2) is 26.8 Å². The van der Waals surface area contributed by atoms with Crippen molar-refractivity contribution in [2.24, 2.45) is 0 Å². The van der Waals surface area contributed by atoms with E-state index in [1.165, 1.54) is 16.9 Å². The molecule has 0 saturated heterocycles. The second-order valence-corrected chi connectivity index (χ2v) is 4.19. The molecule has 0 fully saturated rings. The number of halogens is 2. The van der Waals surface area contributed by atoms with Gasteiger partial charge < -0.3 is 10.4 Å². The summed E-state index contributed by atoms with van der Waals surface area (Å²) in [6.07, 6.45) is 1.40. The molecule has 0 aliphatic rings. The molecule has 0 bridgehead atoms. The third-order valence-electron chi connectivity index (χ3n) is 2.63. The first-order chi connectivity index (χ1) is 9.95. The first-order valence-corrected chi connectivity index (χ1v) is 5.97. The standard InChI is InChI=1S/C13H11F2N3O3/c14-8-1-2-10(9(15)7-8)16-12(19)4-6-18-5-3-11(17-18)13(20)21/h1-3,5,7H,4,6H2,(H,16,19)(H,20,21). The average molecular weight is 295 g/mol. The van der Waals surface area contributed by atoms with Crippen molar-refractivity contribution in [1.82, 2.24) is 9.78 Å². The Bertz CT molecular complexity index is 685. The predicted molar refractivity (Wildman–Crippen MR) is 68.8 cm³/mol. The zero-order valence-electron chi connectivity index (χ0n) is 10.7. The summed E-state index contributed by atoms with van der Waals surface area (Å²) in [5.74, 6) is -3.25. The Morgan fingerprint density at radius 1 is 1.29 bits per heavy atom. The number of benzene rings is 1. The summed E-state index contributed by atoms with van der Waals surface area (Å²) < 4.78 is 27.3. The minimum atomic E-state index is -1.16. The van der Waals surface area contributed by atoms with Crippen LogP contribution in [0.1, 0.15) is 16.9 Å². The van der Waals surface area contributed by atoms with Gasteiger partial charge in [0.05, 0.1) is 5.69 Å². The summed E-state index contributed by atoms with van der Waals surface area (Å²) in [6, 6.07) is 4.13. The smallest absolute Gasteiger partial charge is 0.356 e.